The monoisotopic (exact) mass is 412 g/mol. The fourth-order valence-electron chi connectivity index (χ4n) is 2.35. The molecule has 0 saturated heterocycles. The van der Waals surface area contributed by atoms with E-state index in [1.165, 1.54) is 16.8 Å². The topological polar surface area (TPSA) is 142 Å². The lowest BCUT2D eigenvalue weighted by atomic mass is 10.1. The number of H-pyrrole nitrogens is 1. The third-order valence-corrected chi connectivity index (χ3v) is 4.33. The Balaban J connectivity index is 2.02. The summed E-state index contributed by atoms with van der Waals surface area (Å²) in [7, 11) is 0. The molecular formula is C15H14Cl2N6O4. The van der Waals surface area contributed by atoms with Crippen LogP contribution in [0.2, 0.25) is 10.0 Å². The first-order valence-corrected chi connectivity index (χ1v) is 8.49. The Morgan fingerprint density at radius 2 is 1.81 bits per heavy atom. The van der Waals surface area contributed by atoms with Crippen molar-refractivity contribution in [2.75, 3.05) is 5.73 Å². The first-order valence-electron chi connectivity index (χ1n) is 7.73. The minimum Gasteiger partial charge on any atom is -0.392 e. The van der Waals surface area contributed by atoms with Crippen LogP contribution in [0.3, 0.4) is 0 Å². The average molecular weight is 413 g/mol. The van der Waals surface area contributed by atoms with Crippen molar-refractivity contribution in [1.29, 1.82) is 0 Å². The van der Waals surface area contributed by atoms with Gasteiger partial charge in [0.1, 0.15) is 0 Å². The lowest BCUT2D eigenvalue weighted by Gasteiger charge is -2.10. The van der Waals surface area contributed by atoms with Crippen molar-refractivity contribution < 1.29 is 4.42 Å². The molecule has 12 heteroatoms. The van der Waals surface area contributed by atoms with Gasteiger partial charge in [-0.2, -0.15) is 9.36 Å². The number of hydrogen-bond acceptors (Lipinski definition) is 7. The van der Waals surface area contributed by atoms with E-state index in [2.05, 4.69) is 10.2 Å². The maximum atomic E-state index is 11.9. The summed E-state index contributed by atoms with van der Waals surface area (Å²) in [6.45, 7) is 3.59. The van der Waals surface area contributed by atoms with Crippen LogP contribution in [-0.4, -0.2) is 24.5 Å². The van der Waals surface area contributed by atoms with Crippen molar-refractivity contribution in [3.8, 4) is 5.69 Å². The summed E-state index contributed by atoms with van der Waals surface area (Å²) in [6.07, 6.45) is 0.0724. The van der Waals surface area contributed by atoms with Crippen LogP contribution in [0, 0.1) is 0 Å². The van der Waals surface area contributed by atoms with Crippen molar-refractivity contribution in [2.45, 2.75) is 26.3 Å². The molecule has 0 radical (unpaired) electrons. The number of anilines is 1. The molecule has 0 spiro atoms. The van der Waals surface area contributed by atoms with Crippen molar-refractivity contribution in [3.05, 3.63) is 65.0 Å². The van der Waals surface area contributed by atoms with Crippen LogP contribution in [0.1, 0.15) is 31.3 Å². The summed E-state index contributed by atoms with van der Waals surface area (Å²) in [6, 6.07) is 2.69. The van der Waals surface area contributed by atoms with Gasteiger partial charge < -0.3 is 10.2 Å². The number of hydrogen-bond donors (Lipinski definition) is 2. The molecule has 2 aromatic heterocycles. The molecule has 0 aliphatic heterocycles. The van der Waals surface area contributed by atoms with E-state index in [9.17, 15) is 14.4 Å². The molecule has 0 fully saturated rings. The predicted octanol–water partition coefficient (Wildman–Crippen LogP) is 1.13. The summed E-state index contributed by atoms with van der Waals surface area (Å²) < 4.78 is 7.18. The molecule has 0 unspecified atom stereocenters. The number of nitrogens with one attached hydrogen (secondary N) is 1. The van der Waals surface area contributed by atoms with Gasteiger partial charge >= 0.3 is 11.4 Å². The highest BCUT2D eigenvalue weighted by atomic mass is 35.5. The van der Waals surface area contributed by atoms with Crippen molar-refractivity contribution in [1.82, 2.24) is 24.5 Å². The van der Waals surface area contributed by atoms with E-state index in [1.54, 1.807) is 13.8 Å². The summed E-state index contributed by atoms with van der Waals surface area (Å²) in [5.74, 6) is -0.816. The van der Waals surface area contributed by atoms with Gasteiger partial charge in [0.25, 0.3) is 5.56 Å². The van der Waals surface area contributed by atoms with Crippen molar-refractivity contribution in [3.63, 3.8) is 0 Å². The highest BCUT2D eigenvalue weighted by molar-refractivity contribution is 6.36. The maximum Gasteiger partial charge on any atom is 0.437 e. The van der Waals surface area contributed by atoms with Gasteiger partial charge in [-0.25, -0.2) is 9.59 Å². The molecule has 3 N–H and O–H groups in total. The van der Waals surface area contributed by atoms with Crippen LogP contribution in [0.4, 0.5) is 5.82 Å². The summed E-state index contributed by atoms with van der Waals surface area (Å²) in [4.78, 5) is 37.1. The van der Waals surface area contributed by atoms with Gasteiger partial charge in [0.2, 0.25) is 11.7 Å². The number of rotatable bonds is 4. The van der Waals surface area contributed by atoms with E-state index >= 15 is 0 Å². The van der Waals surface area contributed by atoms with E-state index < -0.39 is 17.0 Å². The van der Waals surface area contributed by atoms with E-state index in [-0.39, 0.29) is 39.9 Å². The summed E-state index contributed by atoms with van der Waals surface area (Å²) >= 11 is 12.6. The van der Waals surface area contributed by atoms with E-state index in [4.69, 9.17) is 33.4 Å². The molecule has 0 aliphatic rings. The van der Waals surface area contributed by atoms with Gasteiger partial charge in [0.15, 0.2) is 0 Å². The quantitative estimate of drug-likeness (QED) is 0.653. The highest BCUT2D eigenvalue weighted by Crippen LogP contribution is 2.29. The smallest absolute Gasteiger partial charge is 0.392 e. The number of benzene rings is 1. The van der Waals surface area contributed by atoms with Crippen molar-refractivity contribution >= 4 is 29.0 Å². The molecular weight excluding hydrogens is 399 g/mol. The maximum absolute atomic E-state index is 11.9. The molecule has 1 aromatic carbocycles. The molecule has 2 heterocycles. The number of nitrogens with zero attached hydrogens (tertiary/aromatic N) is 4. The Morgan fingerprint density at radius 1 is 1.19 bits per heavy atom. The summed E-state index contributed by atoms with van der Waals surface area (Å²) in [5, 5.41) is 8.20. The second-order valence-electron chi connectivity index (χ2n) is 5.92. The summed E-state index contributed by atoms with van der Waals surface area (Å²) in [5.41, 5.74) is 4.51. The zero-order valence-electron chi connectivity index (χ0n) is 14.2. The lowest BCUT2D eigenvalue weighted by Crippen LogP contribution is -2.33. The third kappa shape index (κ3) is 3.67. The van der Waals surface area contributed by atoms with Crippen LogP contribution in [0.5, 0.6) is 0 Å². The number of nitrogens with two attached hydrogens (primary N) is 1. The molecule has 0 bridgehead atoms. The van der Waals surface area contributed by atoms with E-state index in [1.807, 2.05) is 4.98 Å². The first-order chi connectivity index (χ1) is 12.7. The fraction of sp³-hybridized carbons (Fsp3) is 0.267. The fourth-order valence-corrected chi connectivity index (χ4v) is 2.96. The van der Waals surface area contributed by atoms with Crippen LogP contribution < -0.4 is 22.7 Å². The number of nitrogen functional groups attached to an aromatic ring is 1. The zero-order chi connectivity index (χ0) is 19.9. The van der Waals surface area contributed by atoms with Gasteiger partial charge in [0.05, 0.1) is 18.2 Å². The minimum atomic E-state index is -0.796. The van der Waals surface area contributed by atoms with Crippen molar-refractivity contribution in [2.24, 2.45) is 0 Å². The molecule has 0 saturated carbocycles. The first kappa shape index (κ1) is 18.9. The van der Waals surface area contributed by atoms with Crippen LogP contribution in [0.15, 0.2) is 30.9 Å². The van der Waals surface area contributed by atoms with Gasteiger partial charge in [-0.15, -0.1) is 10.2 Å². The predicted molar refractivity (Wildman–Crippen MR) is 98.8 cm³/mol. The van der Waals surface area contributed by atoms with E-state index in [0.29, 0.717) is 5.56 Å². The normalized spacial score (nSPS) is 11.3. The van der Waals surface area contributed by atoms with Crippen LogP contribution in [0.25, 0.3) is 5.69 Å². The molecule has 27 heavy (non-hydrogen) atoms. The Kier molecular flexibility index (Phi) is 4.94. The standard InChI is InChI=1S/C15H14Cl2N6O4/c1-6(2)22-15(26)27-11(20-22)5-8-9(16)3-7(4-10(8)17)23-14(25)19-13(24)12(18)21-23/h3-4,6H,5H2,1-2H3,(H2,18,21)(H,19,24,25). The number of halogens is 2. The molecule has 3 rings (SSSR count). The molecule has 0 aliphatic carbocycles. The lowest BCUT2D eigenvalue weighted by molar-refractivity contribution is 0.434. The van der Waals surface area contributed by atoms with Crippen LogP contribution >= 0.6 is 23.2 Å². The van der Waals surface area contributed by atoms with Gasteiger partial charge in [-0.3, -0.25) is 9.78 Å². The Hall–Kier alpha value is -2.85. The third-order valence-electron chi connectivity index (χ3n) is 3.65. The van der Waals surface area contributed by atoms with Gasteiger partial charge in [-0.05, 0) is 31.5 Å². The van der Waals surface area contributed by atoms with Gasteiger partial charge in [0, 0.05) is 10.0 Å². The number of aromatic nitrogens is 5. The minimum absolute atomic E-state index is 0.0724. The Morgan fingerprint density at radius 3 is 2.37 bits per heavy atom. The molecule has 0 amide bonds. The van der Waals surface area contributed by atoms with E-state index in [0.717, 1.165) is 4.68 Å². The van der Waals surface area contributed by atoms with Gasteiger partial charge in [-0.1, -0.05) is 23.2 Å². The average Bonchev–Trinajstić information content (AvgIpc) is 2.95. The molecule has 10 nitrogen and oxygen atoms in total. The Bertz CT molecular complexity index is 1170. The number of aromatic amines is 1. The zero-order valence-corrected chi connectivity index (χ0v) is 15.7. The molecule has 3 aromatic rings. The highest BCUT2D eigenvalue weighted by Gasteiger charge is 2.17. The molecule has 0 atom stereocenters. The SMILES string of the molecule is CC(C)n1nc(Cc2c(Cl)cc(-n3nc(N)c(=O)[nH]c3=O)cc2Cl)oc1=O. The second-order valence-corrected chi connectivity index (χ2v) is 6.74. The molecule has 142 valence electrons. The largest absolute Gasteiger partial charge is 0.437 e. The Labute approximate surface area is 161 Å². The van der Waals surface area contributed by atoms with Crippen LogP contribution in [-0.2, 0) is 6.42 Å². The second kappa shape index (κ2) is 7.05.